The van der Waals surface area contributed by atoms with Crippen LogP contribution in [0, 0.1) is 0 Å². The first-order valence-electron chi connectivity index (χ1n) is 8.25. The molecule has 3 rings (SSSR count). The van der Waals surface area contributed by atoms with E-state index >= 15 is 0 Å². The van der Waals surface area contributed by atoms with E-state index in [4.69, 9.17) is 4.74 Å². The third-order valence-corrected chi connectivity index (χ3v) is 3.81. The Labute approximate surface area is 152 Å². The fraction of sp³-hybridized carbons (Fsp3) is 0.150. The first-order chi connectivity index (χ1) is 12.7. The predicted octanol–water partition coefficient (Wildman–Crippen LogP) is 3.03. The number of amides is 1. The number of nitrogens with one attached hydrogen (secondary N) is 2. The van der Waals surface area contributed by atoms with Gasteiger partial charge in [-0.3, -0.25) is 9.78 Å². The summed E-state index contributed by atoms with van der Waals surface area (Å²) in [5, 5.41) is 6.06. The molecule has 26 heavy (non-hydrogen) atoms. The van der Waals surface area contributed by atoms with Crippen molar-refractivity contribution in [1.29, 1.82) is 0 Å². The van der Waals surface area contributed by atoms with Gasteiger partial charge in [-0.15, -0.1) is 0 Å². The van der Waals surface area contributed by atoms with Crippen LogP contribution in [0.5, 0.6) is 5.75 Å². The molecule has 3 aromatic rings. The quantitative estimate of drug-likeness (QED) is 0.686. The van der Waals surface area contributed by atoms with Gasteiger partial charge in [0.25, 0.3) is 5.91 Å². The first kappa shape index (κ1) is 17.4. The zero-order chi connectivity index (χ0) is 18.2. The molecule has 0 bridgehead atoms. The van der Waals surface area contributed by atoms with Crippen molar-refractivity contribution in [2.45, 2.75) is 13.1 Å². The zero-order valence-corrected chi connectivity index (χ0v) is 14.5. The Bertz CT molecular complexity index is 834. The summed E-state index contributed by atoms with van der Waals surface area (Å²) in [7, 11) is 1.62. The summed E-state index contributed by atoms with van der Waals surface area (Å²) in [4.78, 5) is 20.7. The second-order valence-electron chi connectivity index (χ2n) is 5.64. The lowest BCUT2D eigenvalue weighted by Gasteiger charge is -2.08. The van der Waals surface area contributed by atoms with Crippen LogP contribution in [-0.4, -0.2) is 23.0 Å². The number of rotatable bonds is 7. The molecular formula is C20H20N4O2. The Morgan fingerprint density at radius 3 is 2.50 bits per heavy atom. The summed E-state index contributed by atoms with van der Waals surface area (Å²) >= 11 is 0. The number of carbonyl (C=O) groups excluding carboxylic acids is 1. The molecular weight excluding hydrogens is 328 g/mol. The highest BCUT2D eigenvalue weighted by molar-refractivity contribution is 5.94. The fourth-order valence-electron chi connectivity index (χ4n) is 2.34. The van der Waals surface area contributed by atoms with Gasteiger partial charge in [0.2, 0.25) is 0 Å². The molecule has 0 radical (unpaired) electrons. The molecule has 0 unspecified atom stereocenters. The van der Waals surface area contributed by atoms with E-state index in [9.17, 15) is 4.79 Å². The van der Waals surface area contributed by atoms with Gasteiger partial charge < -0.3 is 15.4 Å². The van der Waals surface area contributed by atoms with E-state index in [1.165, 1.54) is 0 Å². The molecule has 6 heteroatoms. The molecule has 2 N–H and O–H groups in total. The van der Waals surface area contributed by atoms with Crippen LogP contribution in [-0.2, 0) is 13.1 Å². The van der Waals surface area contributed by atoms with E-state index in [1.54, 1.807) is 31.6 Å². The number of carbonyl (C=O) groups is 1. The van der Waals surface area contributed by atoms with Gasteiger partial charge in [-0.2, -0.15) is 0 Å². The number of anilines is 1. The minimum absolute atomic E-state index is 0.162. The Morgan fingerprint density at radius 1 is 1.00 bits per heavy atom. The van der Waals surface area contributed by atoms with Crippen molar-refractivity contribution in [3.8, 4) is 5.75 Å². The third-order valence-electron chi connectivity index (χ3n) is 3.81. The minimum Gasteiger partial charge on any atom is -0.497 e. The molecule has 0 atom stereocenters. The van der Waals surface area contributed by atoms with E-state index in [1.807, 2.05) is 42.5 Å². The molecule has 132 valence electrons. The number of nitrogens with zero attached hydrogens (tertiary/aromatic N) is 2. The number of pyridine rings is 2. The highest BCUT2D eigenvalue weighted by Crippen LogP contribution is 2.11. The molecule has 0 aliphatic carbocycles. The van der Waals surface area contributed by atoms with E-state index < -0.39 is 0 Å². The van der Waals surface area contributed by atoms with Gasteiger partial charge in [-0.25, -0.2) is 4.98 Å². The average molecular weight is 348 g/mol. The maximum Gasteiger partial charge on any atom is 0.253 e. The predicted molar refractivity (Wildman–Crippen MR) is 100.0 cm³/mol. The van der Waals surface area contributed by atoms with Crippen molar-refractivity contribution < 1.29 is 9.53 Å². The van der Waals surface area contributed by atoms with Gasteiger partial charge in [0.1, 0.15) is 11.6 Å². The highest BCUT2D eigenvalue weighted by atomic mass is 16.5. The Balaban J connectivity index is 1.51. The number of hydrogen-bond donors (Lipinski definition) is 2. The Hall–Kier alpha value is -3.41. The Morgan fingerprint density at radius 2 is 1.85 bits per heavy atom. The molecule has 1 aromatic carbocycles. The van der Waals surface area contributed by atoms with E-state index in [0.29, 0.717) is 24.5 Å². The lowest BCUT2D eigenvalue weighted by atomic mass is 10.2. The number of hydrogen-bond acceptors (Lipinski definition) is 5. The van der Waals surface area contributed by atoms with Crippen LogP contribution < -0.4 is 15.4 Å². The van der Waals surface area contributed by atoms with Crippen LogP contribution in [0.25, 0.3) is 0 Å². The molecule has 0 spiro atoms. The standard InChI is InChI=1S/C20H20N4O2/c1-26-18-8-5-15(6-9-18)12-24-20(25)16-7-10-19(22-13-16)23-14-17-4-2-3-11-21-17/h2-11,13H,12,14H2,1H3,(H,22,23)(H,24,25). The summed E-state index contributed by atoms with van der Waals surface area (Å²) in [5.74, 6) is 1.32. The lowest BCUT2D eigenvalue weighted by molar-refractivity contribution is 0.0950. The van der Waals surface area contributed by atoms with Crippen LogP contribution in [0.1, 0.15) is 21.6 Å². The molecule has 6 nitrogen and oxygen atoms in total. The minimum atomic E-state index is -0.162. The molecule has 0 saturated heterocycles. The van der Waals surface area contributed by atoms with Gasteiger partial charge in [0.15, 0.2) is 0 Å². The normalized spacial score (nSPS) is 10.2. The lowest BCUT2D eigenvalue weighted by Crippen LogP contribution is -2.22. The van der Waals surface area contributed by atoms with Crippen LogP contribution in [0.15, 0.2) is 67.0 Å². The summed E-state index contributed by atoms with van der Waals surface area (Å²) < 4.78 is 5.12. The summed E-state index contributed by atoms with van der Waals surface area (Å²) in [6.45, 7) is 1.03. The summed E-state index contributed by atoms with van der Waals surface area (Å²) in [6, 6.07) is 16.9. The van der Waals surface area contributed by atoms with Gasteiger partial charge in [-0.1, -0.05) is 18.2 Å². The Kier molecular flexibility index (Phi) is 5.77. The molecule has 2 heterocycles. The van der Waals surface area contributed by atoms with Crippen molar-refractivity contribution in [2.75, 3.05) is 12.4 Å². The van der Waals surface area contributed by atoms with E-state index in [0.717, 1.165) is 17.0 Å². The maximum absolute atomic E-state index is 12.2. The average Bonchev–Trinajstić information content (AvgIpc) is 2.72. The van der Waals surface area contributed by atoms with Crippen LogP contribution in [0.4, 0.5) is 5.82 Å². The highest BCUT2D eigenvalue weighted by Gasteiger charge is 2.06. The van der Waals surface area contributed by atoms with Gasteiger partial charge >= 0.3 is 0 Å². The second kappa shape index (κ2) is 8.62. The van der Waals surface area contributed by atoms with Gasteiger partial charge in [0.05, 0.1) is 24.9 Å². The van der Waals surface area contributed by atoms with Crippen molar-refractivity contribution in [3.05, 3.63) is 83.8 Å². The van der Waals surface area contributed by atoms with Crippen LogP contribution >= 0.6 is 0 Å². The molecule has 0 aliphatic rings. The molecule has 2 aromatic heterocycles. The molecule has 0 aliphatic heterocycles. The zero-order valence-electron chi connectivity index (χ0n) is 14.5. The van der Waals surface area contributed by atoms with Gasteiger partial charge in [-0.05, 0) is 42.0 Å². The van der Waals surface area contributed by atoms with Gasteiger partial charge in [0, 0.05) is 18.9 Å². The molecule has 1 amide bonds. The first-order valence-corrected chi connectivity index (χ1v) is 8.25. The smallest absolute Gasteiger partial charge is 0.253 e. The maximum atomic E-state index is 12.2. The van der Waals surface area contributed by atoms with Crippen molar-refractivity contribution in [1.82, 2.24) is 15.3 Å². The fourth-order valence-corrected chi connectivity index (χ4v) is 2.34. The van der Waals surface area contributed by atoms with Crippen molar-refractivity contribution >= 4 is 11.7 Å². The number of benzene rings is 1. The second-order valence-corrected chi connectivity index (χ2v) is 5.64. The number of ether oxygens (including phenoxy) is 1. The molecule has 0 saturated carbocycles. The van der Waals surface area contributed by atoms with Crippen LogP contribution in [0.2, 0.25) is 0 Å². The molecule has 0 fully saturated rings. The number of aromatic nitrogens is 2. The third kappa shape index (κ3) is 4.80. The van der Waals surface area contributed by atoms with Crippen molar-refractivity contribution in [2.24, 2.45) is 0 Å². The monoisotopic (exact) mass is 348 g/mol. The number of methoxy groups -OCH3 is 1. The topological polar surface area (TPSA) is 76.1 Å². The van der Waals surface area contributed by atoms with Crippen LogP contribution in [0.3, 0.4) is 0 Å². The summed E-state index contributed by atoms with van der Waals surface area (Å²) in [6.07, 6.45) is 3.31. The SMILES string of the molecule is COc1ccc(CNC(=O)c2ccc(NCc3ccccn3)nc2)cc1. The van der Waals surface area contributed by atoms with Crippen molar-refractivity contribution in [3.63, 3.8) is 0 Å². The van der Waals surface area contributed by atoms with E-state index in [2.05, 4.69) is 20.6 Å². The summed E-state index contributed by atoms with van der Waals surface area (Å²) in [5.41, 5.74) is 2.44. The largest absolute Gasteiger partial charge is 0.497 e. The van der Waals surface area contributed by atoms with E-state index in [-0.39, 0.29) is 5.91 Å².